The van der Waals surface area contributed by atoms with Gasteiger partial charge in [0.1, 0.15) is 35.3 Å². The normalized spacial score (nSPS) is 11.3. The SMILES string of the molecule is C/C(N)=C(/C#N)C(=O)COC(=O)c1ccccc1OCc1c(C)noc1C. The molecule has 0 saturated carbocycles. The topological polar surface area (TPSA) is 128 Å². The van der Waals surface area contributed by atoms with Crippen LogP contribution < -0.4 is 10.5 Å². The fraction of sp³-hybridized carbons (Fsp3) is 0.263. The number of Topliss-reactive ketones (excluding diaryl/α,β-unsaturated/α-hetero) is 1. The number of nitrogens with two attached hydrogens (primary N) is 1. The largest absolute Gasteiger partial charge is 0.488 e. The third-order valence-electron chi connectivity index (χ3n) is 3.78. The van der Waals surface area contributed by atoms with Gasteiger partial charge in [0.15, 0.2) is 6.61 Å². The highest BCUT2D eigenvalue weighted by molar-refractivity contribution is 6.02. The van der Waals surface area contributed by atoms with E-state index in [-0.39, 0.29) is 23.4 Å². The van der Waals surface area contributed by atoms with Gasteiger partial charge in [-0.05, 0) is 32.9 Å². The maximum atomic E-state index is 12.3. The van der Waals surface area contributed by atoms with E-state index in [4.69, 9.17) is 25.0 Å². The highest BCUT2D eigenvalue weighted by Crippen LogP contribution is 2.22. The summed E-state index contributed by atoms with van der Waals surface area (Å²) in [6.07, 6.45) is 0. The van der Waals surface area contributed by atoms with Crippen LogP contribution in [0.2, 0.25) is 0 Å². The summed E-state index contributed by atoms with van der Waals surface area (Å²) in [5.41, 5.74) is 6.95. The van der Waals surface area contributed by atoms with Gasteiger partial charge in [-0.3, -0.25) is 4.79 Å². The molecule has 0 unspecified atom stereocenters. The van der Waals surface area contributed by atoms with Crippen LogP contribution in [0.4, 0.5) is 0 Å². The summed E-state index contributed by atoms with van der Waals surface area (Å²) in [5, 5.41) is 12.8. The van der Waals surface area contributed by atoms with Crippen molar-refractivity contribution in [2.24, 2.45) is 5.73 Å². The number of esters is 1. The van der Waals surface area contributed by atoms with Crippen molar-refractivity contribution in [1.29, 1.82) is 5.26 Å². The van der Waals surface area contributed by atoms with Gasteiger partial charge < -0.3 is 19.7 Å². The minimum absolute atomic E-state index is 0.0711. The zero-order valence-corrected chi connectivity index (χ0v) is 15.2. The second-order valence-electron chi connectivity index (χ2n) is 5.76. The Hall–Kier alpha value is -3.60. The van der Waals surface area contributed by atoms with E-state index in [1.165, 1.54) is 13.0 Å². The molecule has 2 aromatic rings. The molecule has 0 aliphatic heterocycles. The van der Waals surface area contributed by atoms with E-state index >= 15 is 0 Å². The van der Waals surface area contributed by atoms with Crippen LogP contribution in [0.15, 0.2) is 40.1 Å². The standard InChI is InChI=1S/C19H19N3O5/c1-11(21)15(8-20)17(23)10-26-19(24)14-6-4-5-7-18(14)25-9-16-12(2)22-27-13(16)3/h4-7H,9-10,21H2,1-3H3/b15-11+. The lowest BCUT2D eigenvalue weighted by atomic mass is 10.1. The Kier molecular flexibility index (Phi) is 6.33. The zero-order chi connectivity index (χ0) is 20.0. The molecule has 0 fully saturated rings. The Labute approximate surface area is 156 Å². The molecule has 0 bridgehead atoms. The predicted octanol–water partition coefficient (Wildman–Crippen LogP) is 2.35. The molecule has 0 aliphatic carbocycles. The third-order valence-corrected chi connectivity index (χ3v) is 3.78. The van der Waals surface area contributed by atoms with Gasteiger partial charge in [-0.25, -0.2) is 4.79 Å². The Morgan fingerprint density at radius 3 is 2.59 bits per heavy atom. The van der Waals surface area contributed by atoms with Crippen LogP contribution in [0.1, 0.15) is 34.3 Å². The van der Waals surface area contributed by atoms with Gasteiger partial charge in [-0.2, -0.15) is 5.26 Å². The average Bonchev–Trinajstić information content (AvgIpc) is 2.96. The maximum absolute atomic E-state index is 12.3. The molecule has 8 nitrogen and oxygen atoms in total. The van der Waals surface area contributed by atoms with Crippen LogP contribution in [0, 0.1) is 25.2 Å². The summed E-state index contributed by atoms with van der Waals surface area (Å²) in [6.45, 7) is 4.56. The minimum Gasteiger partial charge on any atom is -0.488 e. The van der Waals surface area contributed by atoms with Gasteiger partial charge in [-0.1, -0.05) is 17.3 Å². The molecule has 1 aromatic carbocycles. The molecule has 0 aliphatic rings. The van der Waals surface area contributed by atoms with E-state index in [9.17, 15) is 9.59 Å². The molecule has 0 spiro atoms. The van der Waals surface area contributed by atoms with Crippen LogP contribution in [0.5, 0.6) is 5.75 Å². The number of aromatic nitrogens is 1. The smallest absolute Gasteiger partial charge is 0.342 e. The average molecular weight is 369 g/mol. The van der Waals surface area contributed by atoms with Gasteiger partial charge in [-0.15, -0.1) is 0 Å². The van der Waals surface area contributed by atoms with Crippen molar-refractivity contribution < 1.29 is 23.6 Å². The molecule has 0 atom stereocenters. The van der Waals surface area contributed by atoms with Gasteiger partial charge in [0.25, 0.3) is 0 Å². The van der Waals surface area contributed by atoms with Crippen molar-refractivity contribution in [1.82, 2.24) is 5.16 Å². The monoisotopic (exact) mass is 369 g/mol. The van der Waals surface area contributed by atoms with E-state index in [1.807, 2.05) is 0 Å². The molecule has 8 heteroatoms. The number of carbonyl (C=O) groups excluding carboxylic acids is 2. The van der Waals surface area contributed by atoms with Gasteiger partial charge in [0.05, 0.1) is 11.3 Å². The fourth-order valence-corrected chi connectivity index (χ4v) is 2.27. The Morgan fingerprint density at radius 1 is 1.30 bits per heavy atom. The summed E-state index contributed by atoms with van der Waals surface area (Å²) in [7, 11) is 0. The quantitative estimate of drug-likeness (QED) is 0.447. The number of aryl methyl sites for hydroxylation is 2. The first-order chi connectivity index (χ1) is 12.8. The van der Waals surface area contributed by atoms with Crippen LogP contribution in [0.3, 0.4) is 0 Å². The summed E-state index contributed by atoms with van der Waals surface area (Å²) < 4.78 is 15.8. The predicted molar refractivity (Wildman–Crippen MR) is 94.5 cm³/mol. The van der Waals surface area contributed by atoms with Crippen LogP contribution >= 0.6 is 0 Å². The van der Waals surface area contributed by atoms with Crippen LogP contribution in [0.25, 0.3) is 0 Å². The molecule has 2 rings (SSSR count). The maximum Gasteiger partial charge on any atom is 0.342 e. The van der Waals surface area contributed by atoms with Gasteiger partial charge in [0.2, 0.25) is 5.78 Å². The number of nitriles is 1. The summed E-state index contributed by atoms with van der Waals surface area (Å²) >= 11 is 0. The Balaban J connectivity index is 2.08. The molecule has 0 amide bonds. The molecule has 0 radical (unpaired) electrons. The summed E-state index contributed by atoms with van der Waals surface area (Å²) in [4.78, 5) is 24.2. The highest BCUT2D eigenvalue weighted by atomic mass is 16.5. The molecular weight excluding hydrogens is 350 g/mol. The van der Waals surface area contributed by atoms with E-state index in [1.54, 1.807) is 38.1 Å². The lowest BCUT2D eigenvalue weighted by Gasteiger charge is -2.11. The number of hydrogen-bond acceptors (Lipinski definition) is 8. The van der Waals surface area contributed by atoms with Gasteiger partial charge in [0, 0.05) is 5.70 Å². The number of ketones is 1. The van der Waals surface area contributed by atoms with E-state index < -0.39 is 18.4 Å². The third kappa shape index (κ3) is 4.73. The molecule has 1 aromatic heterocycles. The molecule has 140 valence electrons. The lowest BCUT2D eigenvalue weighted by molar-refractivity contribution is -0.118. The number of hydrogen-bond donors (Lipinski definition) is 1. The van der Waals surface area contributed by atoms with Crippen molar-refractivity contribution in [2.45, 2.75) is 27.4 Å². The molecule has 0 saturated heterocycles. The number of rotatable bonds is 7. The van der Waals surface area contributed by atoms with Gasteiger partial charge >= 0.3 is 5.97 Å². The Morgan fingerprint density at radius 2 is 2.00 bits per heavy atom. The number of allylic oxidation sites excluding steroid dienone is 1. The number of carbonyl (C=O) groups is 2. The molecule has 1 heterocycles. The van der Waals surface area contributed by atoms with Crippen molar-refractivity contribution >= 4 is 11.8 Å². The highest BCUT2D eigenvalue weighted by Gasteiger charge is 2.19. The first kappa shape index (κ1) is 19.7. The van der Waals surface area contributed by atoms with E-state index in [0.29, 0.717) is 17.2 Å². The molecular formula is C19H19N3O5. The van der Waals surface area contributed by atoms with Crippen LogP contribution in [-0.2, 0) is 16.1 Å². The van der Waals surface area contributed by atoms with Crippen molar-refractivity contribution in [3.05, 3.63) is 58.1 Å². The Bertz CT molecular complexity index is 914. The lowest BCUT2D eigenvalue weighted by Crippen LogP contribution is -2.18. The summed E-state index contributed by atoms with van der Waals surface area (Å²) in [5.74, 6) is -0.489. The number of para-hydroxylation sites is 1. The minimum atomic E-state index is -0.746. The van der Waals surface area contributed by atoms with Crippen molar-refractivity contribution in [3.8, 4) is 11.8 Å². The zero-order valence-electron chi connectivity index (χ0n) is 15.2. The molecule has 2 N–H and O–H groups in total. The van der Waals surface area contributed by atoms with E-state index in [2.05, 4.69) is 5.16 Å². The second-order valence-corrected chi connectivity index (χ2v) is 5.76. The van der Waals surface area contributed by atoms with Crippen molar-refractivity contribution in [2.75, 3.05) is 6.61 Å². The van der Waals surface area contributed by atoms with Crippen molar-refractivity contribution in [3.63, 3.8) is 0 Å². The van der Waals surface area contributed by atoms with Crippen LogP contribution in [-0.4, -0.2) is 23.5 Å². The fourth-order valence-electron chi connectivity index (χ4n) is 2.27. The first-order valence-corrected chi connectivity index (χ1v) is 8.05. The first-order valence-electron chi connectivity index (χ1n) is 8.05. The number of ether oxygens (including phenoxy) is 2. The second kappa shape index (κ2) is 8.67. The molecule has 27 heavy (non-hydrogen) atoms. The number of nitrogens with zero attached hydrogens (tertiary/aromatic N) is 2. The van der Waals surface area contributed by atoms with E-state index in [0.717, 1.165) is 5.56 Å². The summed E-state index contributed by atoms with van der Waals surface area (Å²) in [6, 6.07) is 8.18. The number of benzene rings is 1.